The van der Waals surface area contributed by atoms with Crippen molar-refractivity contribution < 1.29 is 28.2 Å². The van der Waals surface area contributed by atoms with E-state index in [4.69, 9.17) is 24.5 Å². The molecule has 152 valence electrons. The third-order valence-corrected chi connectivity index (χ3v) is 4.57. The predicted molar refractivity (Wildman–Crippen MR) is 96.4 cm³/mol. The maximum atomic E-state index is 12.0. The molecule has 13 heteroatoms. The molecular formula is C14H24N5O7P. The van der Waals surface area contributed by atoms with Gasteiger partial charge >= 0.3 is 7.60 Å². The first-order chi connectivity index (χ1) is 12.9. The molecule has 0 saturated carbocycles. The Labute approximate surface area is 155 Å². The molecule has 0 aromatic carbocycles. The molecule has 0 spiro atoms. The molecule has 27 heavy (non-hydrogen) atoms. The van der Waals surface area contributed by atoms with Crippen molar-refractivity contribution in [1.29, 1.82) is 0 Å². The Morgan fingerprint density at radius 1 is 1.37 bits per heavy atom. The lowest BCUT2D eigenvalue weighted by molar-refractivity contribution is 0.00230. The average Bonchev–Trinajstić information content (AvgIpc) is 3.00. The molecule has 0 aliphatic heterocycles. The summed E-state index contributed by atoms with van der Waals surface area (Å²) in [6.45, 7) is 0.833. The largest absolute Gasteiger partial charge is 0.385 e. The summed E-state index contributed by atoms with van der Waals surface area (Å²) in [6.07, 6.45) is 0.804. The first-order valence-electron chi connectivity index (χ1n) is 8.12. The topological polar surface area (TPSA) is 164 Å². The van der Waals surface area contributed by atoms with E-state index in [9.17, 15) is 14.3 Å². The number of H-pyrrole nitrogens is 1. The molecule has 2 atom stereocenters. The minimum Gasteiger partial charge on any atom is -0.385 e. The van der Waals surface area contributed by atoms with Gasteiger partial charge in [-0.2, -0.15) is 4.98 Å². The number of imidazole rings is 1. The van der Waals surface area contributed by atoms with Crippen LogP contribution in [0.3, 0.4) is 0 Å². The molecule has 12 nitrogen and oxygen atoms in total. The molecule has 2 heterocycles. The van der Waals surface area contributed by atoms with Crippen molar-refractivity contribution in [2.45, 2.75) is 19.1 Å². The number of rotatable bonds is 12. The van der Waals surface area contributed by atoms with Gasteiger partial charge in [0.15, 0.2) is 11.2 Å². The number of anilines is 1. The van der Waals surface area contributed by atoms with Gasteiger partial charge in [-0.3, -0.25) is 14.3 Å². The normalized spacial score (nSPS) is 15.1. The highest BCUT2D eigenvalue weighted by molar-refractivity contribution is 7.52. The van der Waals surface area contributed by atoms with Crippen LogP contribution in [0.5, 0.6) is 0 Å². The Hall–Kier alpha value is -1.82. The van der Waals surface area contributed by atoms with Crippen LogP contribution < -0.4 is 11.3 Å². The summed E-state index contributed by atoms with van der Waals surface area (Å²) in [5.74, 6) is -0.0391. The zero-order valence-electron chi connectivity index (χ0n) is 15.2. The highest BCUT2D eigenvalue weighted by Crippen LogP contribution is 2.42. The second-order valence-electron chi connectivity index (χ2n) is 5.71. The molecule has 4 N–H and O–H groups in total. The SMILES string of the molecule is COCCCOP(=O)(O)CO[C@H](COC)Cn1cnc2c(=O)[nH]c(N)nc21. The third kappa shape index (κ3) is 6.38. The van der Waals surface area contributed by atoms with E-state index in [2.05, 4.69) is 15.0 Å². The van der Waals surface area contributed by atoms with E-state index in [1.165, 1.54) is 20.5 Å². The van der Waals surface area contributed by atoms with E-state index in [1.54, 1.807) is 4.57 Å². The van der Waals surface area contributed by atoms with Crippen molar-refractivity contribution >= 4 is 24.7 Å². The zero-order valence-corrected chi connectivity index (χ0v) is 16.1. The van der Waals surface area contributed by atoms with Gasteiger partial charge in [0.25, 0.3) is 5.56 Å². The number of nitrogens with two attached hydrogens (primary N) is 1. The number of aromatic amines is 1. The van der Waals surface area contributed by atoms with Crippen LogP contribution >= 0.6 is 7.60 Å². The van der Waals surface area contributed by atoms with Crippen LogP contribution in [0.4, 0.5) is 5.95 Å². The van der Waals surface area contributed by atoms with Crippen molar-refractivity contribution in [3.05, 3.63) is 16.7 Å². The number of nitrogen functional groups attached to an aromatic ring is 1. The number of nitrogens with one attached hydrogen (secondary N) is 1. The second-order valence-corrected chi connectivity index (χ2v) is 7.50. The highest BCUT2D eigenvalue weighted by Gasteiger charge is 2.23. The maximum Gasteiger partial charge on any atom is 0.353 e. The Bertz CT molecular complexity index is 839. The van der Waals surface area contributed by atoms with Crippen molar-refractivity contribution in [3.8, 4) is 0 Å². The van der Waals surface area contributed by atoms with Gasteiger partial charge in [-0.1, -0.05) is 0 Å². The Kier molecular flexibility index (Phi) is 7.90. The number of hydrogen-bond acceptors (Lipinski definition) is 9. The molecule has 2 rings (SSSR count). The van der Waals surface area contributed by atoms with Crippen molar-refractivity contribution in [2.24, 2.45) is 0 Å². The first kappa shape index (κ1) is 21.5. The van der Waals surface area contributed by atoms with Crippen molar-refractivity contribution in [3.63, 3.8) is 0 Å². The summed E-state index contributed by atoms with van der Waals surface area (Å²) < 4.78 is 34.0. The number of aromatic nitrogens is 4. The van der Waals surface area contributed by atoms with Crippen LogP contribution in [0.25, 0.3) is 11.2 Å². The van der Waals surface area contributed by atoms with E-state index in [0.29, 0.717) is 13.0 Å². The van der Waals surface area contributed by atoms with Gasteiger partial charge in [0.05, 0.1) is 32.2 Å². The van der Waals surface area contributed by atoms with Crippen LogP contribution in [0, 0.1) is 0 Å². The summed E-state index contributed by atoms with van der Waals surface area (Å²) in [7, 11) is -0.903. The van der Waals surface area contributed by atoms with Crippen molar-refractivity contribution in [1.82, 2.24) is 19.5 Å². The van der Waals surface area contributed by atoms with E-state index in [1.807, 2.05) is 0 Å². The molecule has 0 bridgehead atoms. The van der Waals surface area contributed by atoms with Gasteiger partial charge in [-0.05, 0) is 6.42 Å². The third-order valence-electron chi connectivity index (χ3n) is 3.51. The highest BCUT2D eigenvalue weighted by atomic mass is 31.2. The van der Waals surface area contributed by atoms with Crippen LogP contribution in [0.1, 0.15) is 6.42 Å². The van der Waals surface area contributed by atoms with E-state index in [-0.39, 0.29) is 36.9 Å². The Morgan fingerprint density at radius 3 is 2.85 bits per heavy atom. The van der Waals surface area contributed by atoms with E-state index < -0.39 is 25.6 Å². The lowest BCUT2D eigenvalue weighted by atomic mass is 10.3. The van der Waals surface area contributed by atoms with Crippen LogP contribution in [0.2, 0.25) is 0 Å². The van der Waals surface area contributed by atoms with E-state index in [0.717, 1.165) is 0 Å². The number of methoxy groups -OCH3 is 2. The van der Waals surface area contributed by atoms with Gasteiger partial charge in [0.2, 0.25) is 5.95 Å². The van der Waals surface area contributed by atoms with Crippen LogP contribution in [0.15, 0.2) is 11.1 Å². The molecule has 0 aliphatic rings. The molecule has 0 radical (unpaired) electrons. The van der Waals surface area contributed by atoms with Crippen LogP contribution in [-0.4, -0.2) is 70.9 Å². The summed E-state index contributed by atoms with van der Waals surface area (Å²) in [5, 5.41) is 0. The predicted octanol–water partition coefficient (Wildman–Crippen LogP) is -0.0706. The lowest BCUT2D eigenvalue weighted by Crippen LogP contribution is -2.26. The first-order valence-corrected chi connectivity index (χ1v) is 9.89. The average molecular weight is 405 g/mol. The standard InChI is InChI=1S/C14H24N5O7P/c1-23-4-3-5-26-27(21,22)9-25-10(7-24-2)6-19-8-16-11-12(19)17-14(15)18-13(11)20/h8,10H,3-7,9H2,1-2H3,(H,21,22)(H3,15,17,18,20)/t10-/m0/s1. The molecule has 0 aliphatic carbocycles. The Balaban J connectivity index is 2.01. The zero-order chi connectivity index (χ0) is 19.9. The minimum absolute atomic E-state index is 0.0391. The monoisotopic (exact) mass is 405 g/mol. The van der Waals surface area contributed by atoms with E-state index >= 15 is 0 Å². The summed E-state index contributed by atoms with van der Waals surface area (Å²) >= 11 is 0. The number of nitrogens with zero attached hydrogens (tertiary/aromatic N) is 3. The molecule has 2 aromatic rings. The van der Waals surface area contributed by atoms with Crippen molar-refractivity contribution in [2.75, 3.05) is 46.1 Å². The molecule has 0 fully saturated rings. The molecule has 0 saturated heterocycles. The fourth-order valence-corrected chi connectivity index (χ4v) is 3.20. The molecule has 0 amide bonds. The fourth-order valence-electron chi connectivity index (χ4n) is 2.31. The maximum absolute atomic E-state index is 12.0. The number of ether oxygens (including phenoxy) is 3. The van der Waals surface area contributed by atoms with Gasteiger partial charge in [0.1, 0.15) is 6.35 Å². The Morgan fingerprint density at radius 2 is 2.15 bits per heavy atom. The summed E-state index contributed by atoms with van der Waals surface area (Å²) in [5.41, 5.74) is 5.53. The number of fused-ring (bicyclic) bond motifs is 1. The van der Waals surface area contributed by atoms with Gasteiger partial charge in [-0.25, -0.2) is 4.98 Å². The number of hydrogen-bond donors (Lipinski definition) is 3. The second kappa shape index (κ2) is 9.93. The summed E-state index contributed by atoms with van der Waals surface area (Å²) in [6, 6.07) is 0. The lowest BCUT2D eigenvalue weighted by Gasteiger charge is -2.20. The van der Waals surface area contributed by atoms with Gasteiger partial charge in [-0.15, -0.1) is 0 Å². The fraction of sp³-hybridized carbons (Fsp3) is 0.643. The molecule has 2 aromatic heterocycles. The quantitative estimate of drug-likeness (QED) is 0.321. The van der Waals surface area contributed by atoms with Crippen LogP contribution in [-0.2, 0) is 29.8 Å². The van der Waals surface area contributed by atoms with Gasteiger partial charge < -0.3 is 33.9 Å². The molecular weight excluding hydrogens is 381 g/mol. The summed E-state index contributed by atoms with van der Waals surface area (Å²) in [4.78, 5) is 32.1. The minimum atomic E-state index is -3.91. The van der Waals surface area contributed by atoms with Gasteiger partial charge in [0, 0.05) is 20.8 Å². The smallest absolute Gasteiger partial charge is 0.353 e. The molecule has 1 unspecified atom stereocenters.